The van der Waals surface area contributed by atoms with Gasteiger partial charge in [-0.25, -0.2) is 14.5 Å². The lowest BCUT2D eigenvalue weighted by Gasteiger charge is -2.15. The number of hydrogen-bond acceptors (Lipinski definition) is 7. The number of nitrogens with one attached hydrogen (secondary N) is 1. The zero-order valence-electron chi connectivity index (χ0n) is 19.5. The Morgan fingerprint density at radius 1 is 0.865 bits per heavy atom. The van der Waals surface area contributed by atoms with Crippen LogP contribution >= 0.6 is 23.2 Å². The van der Waals surface area contributed by atoms with Crippen molar-refractivity contribution in [1.82, 2.24) is 0 Å². The van der Waals surface area contributed by atoms with Gasteiger partial charge in [0, 0.05) is 10.7 Å². The van der Waals surface area contributed by atoms with Gasteiger partial charge in [-0.1, -0.05) is 36.2 Å². The molecule has 188 valence electrons. The first-order valence-corrected chi connectivity index (χ1v) is 11.9. The van der Waals surface area contributed by atoms with E-state index in [1.165, 1.54) is 42.5 Å². The molecule has 0 spiro atoms. The quantitative estimate of drug-likeness (QED) is 0.227. The zero-order valence-corrected chi connectivity index (χ0v) is 21.0. The number of anilines is 2. The maximum absolute atomic E-state index is 13.0. The Labute approximate surface area is 222 Å². The van der Waals surface area contributed by atoms with Crippen molar-refractivity contribution in [2.45, 2.75) is 13.3 Å². The van der Waals surface area contributed by atoms with Crippen LogP contribution in [0.15, 0.2) is 83.5 Å². The fourth-order valence-electron chi connectivity index (χ4n) is 3.40. The molecule has 8 nitrogen and oxygen atoms in total. The molecule has 1 aliphatic rings. The van der Waals surface area contributed by atoms with Crippen LogP contribution in [-0.4, -0.2) is 30.4 Å². The standard InChI is InChI=1S/C27H20Cl2N2O6/c1-2-14-36-26(34)16-8-12-20(13-9-16)31-24(32)22(29)23(25(31)33)30-19-10-6-17(7-11-19)27(35)37-21-5-3-4-18(28)15-21/h3-13,15,30H,2,14H2,1H3. The first-order valence-electron chi connectivity index (χ1n) is 11.2. The number of imide groups is 1. The summed E-state index contributed by atoms with van der Waals surface area (Å²) in [5, 5.41) is 2.98. The molecule has 0 saturated carbocycles. The molecule has 2 amide bonds. The van der Waals surface area contributed by atoms with Gasteiger partial charge in [0.05, 0.1) is 23.4 Å². The average molecular weight is 539 g/mol. The number of esters is 2. The van der Waals surface area contributed by atoms with Crippen molar-refractivity contribution in [2.75, 3.05) is 16.8 Å². The van der Waals surface area contributed by atoms with Crippen LogP contribution in [0, 0.1) is 0 Å². The maximum Gasteiger partial charge on any atom is 0.343 e. The lowest BCUT2D eigenvalue weighted by Crippen LogP contribution is -2.32. The lowest BCUT2D eigenvalue weighted by atomic mass is 10.2. The number of nitrogens with zero attached hydrogens (tertiary/aromatic N) is 1. The number of halogens is 2. The summed E-state index contributed by atoms with van der Waals surface area (Å²) in [6.07, 6.45) is 0.691. The number of benzene rings is 3. The third kappa shape index (κ3) is 5.82. The molecule has 4 rings (SSSR count). The number of rotatable bonds is 8. The van der Waals surface area contributed by atoms with Gasteiger partial charge < -0.3 is 14.8 Å². The molecule has 0 aliphatic carbocycles. The zero-order chi connectivity index (χ0) is 26.5. The fourth-order valence-corrected chi connectivity index (χ4v) is 3.79. The summed E-state index contributed by atoms with van der Waals surface area (Å²) >= 11 is 12.1. The van der Waals surface area contributed by atoms with E-state index in [1.54, 1.807) is 30.3 Å². The Kier molecular flexibility index (Phi) is 7.91. The molecule has 0 radical (unpaired) electrons. The minimum Gasteiger partial charge on any atom is -0.462 e. The second kappa shape index (κ2) is 11.3. The fraction of sp³-hybridized carbons (Fsp3) is 0.111. The maximum atomic E-state index is 13.0. The molecule has 37 heavy (non-hydrogen) atoms. The van der Waals surface area contributed by atoms with Crippen molar-refractivity contribution in [2.24, 2.45) is 0 Å². The van der Waals surface area contributed by atoms with E-state index in [2.05, 4.69) is 5.32 Å². The highest BCUT2D eigenvalue weighted by molar-refractivity contribution is 6.53. The molecule has 1 N–H and O–H groups in total. The molecule has 0 fully saturated rings. The van der Waals surface area contributed by atoms with Crippen LogP contribution in [0.4, 0.5) is 11.4 Å². The van der Waals surface area contributed by atoms with Crippen LogP contribution in [0.3, 0.4) is 0 Å². The second-order valence-corrected chi connectivity index (χ2v) is 8.68. The highest BCUT2D eigenvalue weighted by Crippen LogP contribution is 2.30. The Morgan fingerprint density at radius 2 is 1.51 bits per heavy atom. The van der Waals surface area contributed by atoms with Crippen LogP contribution in [0.5, 0.6) is 5.75 Å². The van der Waals surface area contributed by atoms with Gasteiger partial charge >= 0.3 is 11.9 Å². The van der Waals surface area contributed by atoms with Crippen molar-refractivity contribution >= 4 is 58.3 Å². The molecule has 0 saturated heterocycles. The predicted molar refractivity (Wildman–Crippen MR) is 139 cm³/mol. The van der Waals surface area contributed by atoms with Gasteiger partial charge in [-0.3, -0.25) is 9.59 Å². The molecular weight excluding hydrogens is 519 g/mol. The van der Waals surface area contributed by atoms with E-state index < -0.39 is 23.8 Å². The van der Waals surface area contributed by atoms with Crippen molar-refractivity contribution in [3.05, 3.63) is 99.7 Å². The van der Waals surface area contributed by atoms with E-state index >= 15 is 0 Å². The van der Waals surface area contributed by atoms with Crippen LogP contribution in [0.1, 0.15) is 34.1 Å². The first kappa shape index (κ1) is 25.9. The van der Waals surface area contributed by atoms with Gasteiger partial charge in [0.2, 0.25) is 0 Å². The van der Waals surface area contributed by atoms with E-state index in [4.69, 9.17) is 32.7 Å². The Hall–Kier alpha value is -4.14. The molecule has 10 heteroatoms. The lowest BCUT2D eigenvalue weighted by molar-refractivity contribution is -0.120. The smallest absolute Gasteiger partial charge is 0.343 e. The molecule has 1 aliphatic heterocycles. The first-order chi connectivity index (χ1) is 17.8. The summed E-state index contributed by atoms with van der Waals surface area (Å²) in [4.78, 5) is 51.1. The molecule has 1 heterocycles. The molecular formula is C27H20Cl2N2O6. The van der Waals surface area contributed by atoms with Gasteiger partial charge in [-0.2, -0.15) is 0 Å². The SMILES string of the molecule is CCCOC(=O)c1ccc(N2C(=O)C(Cl)=C(Nc3ccc(C(=O)Oc4cccc(Cl)c4)cc3)C2=O)cc1. The summed E-state index contributed by atoms with van der Waals surface area (Å²) in [7, 11) is 0. The third-order valence-corrected chi connectivity index (χ3v) is 5.81. The van der Waals surface area contributed by atoms with Crippen molar-refractivity contribution in [3.63, 3.8) is 0 Å². The van der Waals surface area contributed by atoms with Gasteiger partial charge in [-0.05, 0) is 73.2 Å². The highest BCUT2D eigenvalue weighted by Gasteiger charge is 2.39. The van der Waals surface area contributed by atoms with Crippen LogP contribution in [0.25, 0.3) is 0 Å². The van der Waals surface area contributed by atoms with Crippen LogP contribution in [0.2, 0.25) is 5.02 Å². The summed E-state index contributed by atoms with van der Waals surface area (Å²) in [6.45, 7) is 2.18. The summed E-state index contributed by atoms with van der Waals surface area (Å²) in [5.41, 5.74) is 1.11. The van der Waals surface area contributed by atoms with Crippen molar-refractivity contribution in [1.29, 1.82) is 0 Å². The van der Waals surface area contributed by atoms with Crippen molar-refractivity contribution in [3.8, 4) is 5.75 Å². The van der Waals surface area contributed by atoms with E-state index in [0.717, 1.165) is 4.90 Å². The molecule has 3 aromatic rings. The summed E-state index contributed by atoms with van der Waals surface area (Å²) in [5.74, 6) is -2.16. The van der Waals surface area contributed by atoms with Gasteiger partial charge in [0.15, 0.2) is 0 Å². The van der Waals surface area contributed by atoms with Crippen LogP contribution < -0.4 is 15.0 Å². The largest absolute Gasteiger partial charge is 0.462 e. The molecule has 0 unspecified atom stereocenters. The summed E-state index contributed by atoms with van der Waals surface area (Å²) < 4.78 is 10.4. The number of hydrogen-bond donors (Lipinski definition) is 1. The minimum atomic E-state index is -0.711. The molecule has 0 atom stereocenters. The van der Waals surface area contributed by atoms with E-state index in [0.29, 0.717) is 35.1 Å². The summed E-state index contributed by atoms with van der Waals surface area (Å²) in [6, 6.07) is 18.4. The van der Waals surface area contributed by atoms with E-state index in [-0.39, 0.29) is 22.0 Å². The Morgan fingerprint density at radius 3 is 2.16 bits per heavy atom. The van der Waals surface area contributed by atoms with E-state index in [1.807, 2.05) is 6.92 Å². The van der Waals surface area contributed by atoms with Crippen molar-refractivity contribution < 1.29 is 28.7 Å². The monoisotopic (exact) mass is 538 g/mol. The van der Waals surface area contributed by atoms with Gasteiger partial charge in [0.1, 0.15) is 16.5 Å². The van der Waals surface area contributed by atoms with E-state index in [9.17, 15) is 19.2 Å². The van der Waals surface area contributed by atoms with Gasteiger partial charge in [0.25, 0.3) is 11.8 Å². The Bertz CT molecular complexity index is 1400. The highest BCUT2D eigenvalue weighted by atomic mass is 35.5. The third-order valence-electron chi connectivity index (χ3n) is 5.22. The number of amides is 2. The second-order valence-electron chi connectivity index (χ2n) is 7.87. The number of carbonyl (C=O) groups excluding carboxylic acids is 4. The topological polar surface area (TPSA) is 102 Å². The normalized spacial score (nSPS) is 13.1. The number of ether oxygens (including phenoxy) is 2. The molecule has 0 aromatic heterocycles. The number of carbonyl (C=O) groups is 4. The average Bonchev–Trinajstić information content (AvgIpc) is 3.10. The minimum absolute atomic E-state index is 0.118. The molecule has 0 bridgehead atoms. The van der Waals surface area contributed by atoms with Gasteiger partial charge in [-0.15, -0.1) is 0 Å². The van der Waals surface area contributed by atoms with Crippen LogP contribution in [-0.2, 0) is 14.3 Å². The predicted octanol–water partition coefficient (Wildman–Crippen LogP) is 5.56. The Balaban J connectivity index is 1.44. The molecule has 3 aromatic carbocycles.